The molecule has 1 aliphatic heterocycles. The molecule has 0 bridgehead atoms. The number of aliphatic hydroxyl groups is 1. The van der Waals surface area contributed by atoms with Gasteiger partial charge in [-0.2, -0.15) is 0 Å². The van der Waals surface area contributed by atoms with Crippen LogP contribution in [-0.4, -0.2) is 16.8 Å². The van der Waals surface area contributed by atoms with Crippen LogP contribution in [0.5, 0.6) is 0 Å². The number of Topliss-reactive ketones (excluding diaryl/α,β-unsaturated/α-hetero) is 1. The minimum atomic E-state index is -1.06. The van der Waals surface area contributed by atoms with Crippen molar-refractivity contribution in [2.75, 3.05) is 4.90 Å². The molecule has 1 fully saturated rings. The Bertz CT molecular complexity index is 1130. The number of benzene rings is 3. The van der Waals surface area contributed by atoms with Crippen LogP contribution in [0.4, 0.5) is 14.5 Å². The zero-order chi connectivity index (χ0) is 20.5. The SMILES string of the molecule is O=C1C(=O)N(c2ccc(F)cc2F)C(c2ccccc2)/C1=C(\O)c1ccccc1. The number of carbonyl (C=O) groups excluding carboxylic acids is 2. The van der Waals surface area contributed by atoms with Crippen molar-refractivity contribution >= 4 is 23.1 Å². The predicted octanol–water partition coefficient (Wildman–Crippen LogP) is 4.59. The third kappa shape index (κ3) is 3.18. The zero-order valence-electron chi connectivity index (χ0n) is 15.0. The number of nitrogens with zero attached hydrogens (tertiary/aromatic N) is 1. The summed E-state index contributed by atoms with van der Waals surface area (Å²) in [6.45, 7) is 0. The Morgan fingerprint density at radius 3 is 2.10 bits per heavy atom. The van der Waals surface area contributed by atoms with E-state index in [2.05, 4.69) is 0 Å². The van der Waals surface area contributed by atoms with E-state index in [1.807, 2.05) is 0 Å². The Labute approximate surface area is 165 Å². The highest BCUT2D eigenvalue weighted by molar-refractivity contribution is 6.51. The van der Waals surface area contributed by atoms with E-state index in [0.29, 0.717) is 17.2 Å². The fraction of sp³-hybridized carbons (Fsp3) is 0.0435. The normalized spacial score (nSPS) is 18.3. The number of aliphatic hydroxyl groups excluding tert-OH is 1. The van der Waals surface area contributed by atoms with Crippen LogP contribution in [0.25, 0.3) is 5.76 Å². The van der Waals surface area contributed by atoms with Gasteiger partial charge in [0, 0.05) is 11.6 Å². The molecule has 3 aromatic rings. The van der Waals surface area contributed by atoms with Crippen LogP contribution < -0.4 is 4.90 Å². The Morgan fingerprint density at radius 1 is 0.862 bits per heavy atom. The Kier molecular flexibility index (Phi) is 4.68. The summed E-state index contributed by atoms with van der Waals surface area (Å²) in [5, 5.41) is 10.8. The summed E-state index contributed by atoms with van der Waals surface area (Å²) in [6, 6.07) is 18.5. The molecular formula is C23H15F2NO3. The number of halogens is 2. The first kappa shape index (κ1) is 18.6. The fourth-order valence-electron chi connectivity index (χ4n) is 3.46. The molecule has 0 radical (unpaired) electrons. The van der Waals surface area contributed by atoms with E-state index in [1.54, 1.807) is 60.7 Å². The van der Waals surface area contributed by atoms with Gasteiger partial charge < -0.3 is 5.11 Å². The first-order chi connectivity index (χ1) is 14.0. The van der Waals surface area contributed by atoms with Gasteiger partial charge in [-0.3, -0.25) is 14.5 Å². The average molecular weight is 391 g/mol. The van der Waals surface area contributed by atoms with Crippen LogP contribution in [0, 0.1) is 11.6 Å². The molecule has 29 heavy (non-hydrogen) atoms. The number of carbonyl (C=O) groups is 2. The molecule has 4 rings (SSSR count). The second kappa shape index (κ2) is 7.31. The zero-order valence-corrected chi connectivity index (χ0v) is 15.0. The second-order valence-corrected chi connectivity index (χ2v) is 6.54. The van der Waals surface area contributed by atoms with E-state index >= 15 is 0 Å². The molecule has 0 saturated carbocycles. The van der Waals surface area contributed by atoms with Crippen molar-refractivity contribution in [1.29, 1.82) is 0 Å². The lowest BCUT2D eigenvalue weighted by Crippen LogP contribution is -2.30. The number of anilines is 1. The summed E-state index contributed by atoms with van der Waals surface area (Å²) in [6.07, 6.45) is 0. The van der Waals surface area contributed by atoms with Gasteiger partial charge in [0.25, 0.3) is 11.7 Å². The third-order valence-electron chi connectivity index (χ3n) is 4.78. The van der Waals surface area contributed by atoms with Gasteiger partial charge in [0.1, 0.15) is 17.4 Å². The number of hydrogen-bond acceptors (Lipinski definition) is 3. The van der Waals surface area contributed by atoms with E-state index in [9.17, 15) is 23.5 Å². The molecule has 1 aliphatic rings. The second-order valence-electron chi connectivity index (χ2n) is 6.54. The molecule has 1 heterocycles. The maximum absolute atomic E-state index is 14.5. The molecule has 4 nitrogen and oxygen atoms in total. The van der Waals surface area contributed by atoms with Crippen LogP contribution in [0.15, 0.2) is 84.4 Å². The lowest BCUT2D eigenvalue weighted by Gasteiger charge is -2.25. The lowest BCUT2D eigenvalue weighted by molar-refractivity contribution is -0.132. The predicted molar refractivity (Wildman–Crippen MR) is 104 cm³/mol. The molecular weight excluding hydrogens is 376 g/mol. The highest BCUT2D eigenvalue weighted by Gasteiger charge is 2.47. The van der Waals surface area contributed by atoms with Crippen molar-refractivity contribution in [3.8, 4) is 0 Å². The molecule has 3 aromatic carbocycles. The van der Waals surface area contributed by atoms with E-state index < -0.39 is 29.4 Å². The average Bonchev–Trinajstić information content (AvgIpc) is 3.00. The van der Waals surface area contributed by atoms with Crippen LogP contribution >= 0.6 is 0 Å². The van der Waals surface area contributed by atoms with Crippen molar-refractivity contribution in [3.05, 3.63) is 107 Å². The highest BCUT2D eigenvalue weighted by Crippen LogP contribution is 2.42. The van der Waals surface area contributed by atoms with Crippen LogP contribution in [-0.2, 0) is 9.59 Å². The van der Waals surface area contributed by atoms with Gasteiger partial charge in [-0.05, 0) is 17.7 Å². The Balaban J connectivity index is 1.97. The minimum Gasteiger partial charge on any atom is -0.507 e. The number of rotatable bonds is 3. The molecule has 1 unspecified atom stereocenters. The topological polar surface area (TPSA) is 57.6 Å². The first-order valence-corrected chi connectivity index (χ1v) is 8.85. The molecule has 6 heteroatoms. The highest BCUT2D eigenvalue weighted by atomic mass is 19.1. The van der Waals surface area contributed by atoms with E-state index in [0.717, 1.165) is 17.0 Å². The van der Waals surface area contributed by atoms with Crippen LogP contribution in [0.1, 0.15) is 17.2 Å². The monoisotopic (exact) mass is 391 g/mol. The van der Waals surface area contributed by atoms with Crippen molar-refractivity contribution in [2.45, 2.75) is 6.04 Å². The minimum absolute atomic E-state index is 0.156. The van der Waals surface area contributed by atoms with E-state index in [4.69, 9.17) is 0 Å². The van der Waals surface area contributed by atoms with Gasteiger partial charge in [-0.25, -0.2) is 8.78 Å². The van der Waals surface area contributed by atoms with Crippen molar-refractivity contribution in [2.24, 2.45) is 0 Å². The lowest BCUT2D eigenvalue weighted by atomic mass is 9.95. The van der Waals surface area contributed by atoms with Gasteiger partial charge in [-0.1, -0.05) is 60.7 Å². The van der Waals surface area contributed by atoms with Gasteiger partial charge in [-0.15, -0.1) is 0 Å². The number of hydrogen-bond donors (Lipinski definition) is 1. The maximum atomic E-state index is 14.5. The molecule has 0 aromatic heterocycles. The van der Waals surface area contributed by atoms with Crippen molar-refractivity contribution < 1.29 is 23.5 Å². The molecule has 1 atom stereocenters. The fourth-order valence-corrected chi connectivity index (χ4v) is 3.46. The van der Waals surface area contributed by atoms with Crippen LogP contribution in [0.2, 0.25) is 0 Å². The van der Waals surface area contributed by atoms with Crippen molar-refractivity contribution in [3.63, 3.8) is 0 Å². The van der Waals surface area contributed by atoms with Gasteiger partial charge >= 0.3 is 0 Å². The van der Waals surface area contributed by atoms with Gasteiger partial charge in [0.15, 0.2) is 0 Å². The quantitative estimate of drug-likeness (QED) is 0.404. The molecule has 1 saturated heterocycles. The third-order valence-corrected chi connectivity index (χ3v) is 4.78. The maximum Gasteiger partial charge on any atom is 0.300 e. The first-order valence-electron chi connectivity index (χ1n) is 8.85. The summed E-state index contributed by atoms with van der Waals surface area (Å²) < 4.78 is 27.9. The van der Waals surface area contributed by atoms with Gasteiger partial charge in [0.05, 0.1) is 17.3 Å². The molecule has 0 aliphatic carbocycles. The number of ketones is 1. The molecule has 1 amide bonds. The largest absolute Gasteiger partial charge is 0.507 e. The van der Waals surface area contributed by atoms with E-state index in [1.165, 1.54) is 0 Å². The molecule has 144 valence electrons. The van der Waals surface area contributed by atoms with Gasteiger partial charge in [0.2, 0.25) is 0 Å². The summed E-state index contributed by atoms with van der Waals surface area (Å²) in [5.41, 5.74) is 0.463. The Morgan fingerprint density at radius 2 is 1.48 bits per heavy atom. The standard InChI is InChI=1S/C23H15F2NO3/c24-16-11-12-18(17(25)13-16)26-20(14-7-3-1-4-8-14)19(22(28)23(26)29)21(27)15-9-5-2-6-10-15/h1-13,20,27H/b21-19+. The Hall–Kier alpha value is -3.80. The van der Waals surface area contributed by atoms with Crippen LogP contribution in [0.3, 0.4) is 0 Å². The van der Waals surface area contributed by atoms with E-state index in [-0.39, 0.29) is 17.0 Å². The summed E-state index contributed by atoms with van der Waals surface area (Å²) >= 11 is 0. The summed E-state index contributed by atoms with van der Waals surface area (Å²) in [4.78, 5) is 26.7. The summed E-state index contributed by atoms with van der Waals surface area (Å²) in [7, 11) is 0. The van der Waals surface area contributed by atoms with Crippen molar-refractivity contribution in [1.82, 2.24) is 0 Å². The molecule has 0 spiro atoms. The molecule has 1 N–H and O–H groups in total. The summed E-state index contributed by atoms with van der Waals surface area (Å²) in [5.74, 6) is -4.08. The number of amides is 1. The smallest absolute Gasteiger partial charge is 0.300 e.